The predicted octanol–water partition coefficient (Wildman–Crippen LogP) is 3.43. The molecule has 2 aromatic carbocycles. The number of pyridine rings is 1. The van der Waals surface area contributed by atoms with Crippen molar-refractivity contribution in [3.8, 4) is 0 Å². The van der Waals surface area contributed by atoms with Crippen molar-refractivity contribution in [3.05, 3.63) is 75.6 Å². The summed E-state index contributed by atoms with van der Waals surface area (Å²) in [5, 5.41) is 3.71. The lowest BCUT2D eigenvalue weighted by atomic mass is 10.1. The van der Waals surface area contributed by atoms with Crippen molar-refractivity contribution >= 4 is 28.5 Å². The van der Waals surface area contributed by atoms with Crippen molar-refractivity contribution < 1.29 is 14.3 Å². The molecule has 3 rings (SSSR count). The molecule has 0 aliphatic rings. The van der Waals surface area contributed by atoms with Gasteiger partial charge in [0, 0.05) is 17.1 Å². The maximum Gasteiger partial charge on any atom is 0.338 e. The molecule has 0 aliphatic heterocycles. The van der Waals surface area contributed by atoms with Gasteiger partial charge in [-0.3, -0.25) is 14.2 Å². The normalized spacial score (nSPS) is 10.7. The average molecular weight is 378 g/mol. The molecule has 6 heteroatoms. The summed E-state index contributed by atoms with van der Waals surface area (Å²) in [5.41, 5.74) is 3.32. The topological polar surface area (TPSA) is 77.4 Å². The Balaban J connectivity index is 1.83. The number of nitrogens with one attached hydrogen (secondary N) is 1. The zero-order valence-corrected chi connectivity index (χ0v) is 16.1. The van der Waals surface area contributed by atoms with Gasteiger partial charge in [-0.15, -0.1) is 0 Å². The molecule has 0 spiro atoms. The van der Waals surface area contributed by atoms with Gasteiger partial charge in [-0.25, -0.2) is 4.79 Å². The summed E-state index contributed by atoms with van der Waals surface area (Å²) in [6, 6.07) is 13.8. The van der Waals surface area contributed by atoms with E-state index < -0.39 is 5.97 Å². The largest absolute Gasteiger partial charge is 0.462 e. The van der Waals surface area contributed by atoms with Crippen LogP contribution in [-0.4, -0.2) is 23.1 Å². The molecule has 1 heterocycles. The van der Waals surface area contributed by atoms with Crippen LogP contribution in [0.15, 0.2) is 53.3 Å². The summed E-state index contributed by atoms with van der Waals surface area (Å²) >= 11 is 0. The van der Waals surface area contributed by atoms with E-state index in [1.54, 1.807) is 37.3 Å². The number of carbonyl (C=O) groups is 2. The second kappa shape index (κ2) is 8.08. The lowest BCUT2D eigenvalue weighted by Gasteiger charge is -2.14. The van der Waals surface area contributed by atoms with E-state index in [1.807, 2.05) is 32.0 Å². The van der Waals surface area contributed by atoms with E-state index in [0.717, 1.165) is 22.0 Å². The maximum atomic E-state index is 12.5. The minimum Gasteiger partial charge on any atom is -0.462 e. The van der Waals surface area contributed by atoms with Gasteiger partial charge in [0.25, 0.3) is 5.56 Å². The number of hydrogen-bond acceptors (Lipinski definition) is 4. The van der Waals surface area contributed by atoms with E-state index in [4.69, 9.17) is 4.74 Å². The van der Waals surface area contributed by atoms with Crippen LogP contribution in [0.1, 0.15) is 28.4 Å². The molecule has 0 fully saturated rings. The van der Waals surface area contributed by atoms with Crippen LogP contribution in [0.25, 0.3) is 10.9 Å². The molecule has 144 valence electrons. The van der Waals surface area contributed by atoms with Crippen LogP contribution in [-0.2, 0) is 16.1 Å². The molecule has 6 nitrogen and oxygen atoms in total. The monoisotopic (exact) mass is 378 g/mol. The highest BCUT2D eigenvalue weighted by Crippen LogP contribution is 2.20. The zero-order chi connectivity index (χ0) is 20.3. The van der Waals surface area contributed by atoms with Gasteiger partial charge < -0.3 is 10.1 Å². The Bertz CT molecular complexity index is 1100. The Morgan fingerprint density at radius 1 is 1.04 bits per heavy atom. The van der Waals surface area contributed by atoms with Crippen molar-refractivity contribution in [2.45, 2.75) is 27.3 Å². The van der Waals surface area contributed by atoms with E-state index in [-0.39, 0.29) is 18.0 Å². The van der Waals surface area contributed by atoms with Gasteiger partial charge in [-0.1, -0.05) is 18.2 Å². The van der Waals surface area contributed by atoms with Crippen LogP contribution in [0.5, 0.6) is 0 Å². The molecular formula is C22H22N2O4. The Kier molecular flexibility index (Phi) is 5.59. The molecule has 1 amide bonds. The fourth-order valence-corrected chi connectivity index (χ4v) is 3.19. The number of nitrogens with zero attached hydrogens (tertiary/aromatic N) is 1. The first kappa shape index (κ1) is 19.4. The lowest BCUT2D eigenvalue weighted by molar-refractivity contribution is -0.116. The maximum absolute atomic E-state index is 12.5. The number of esters is 1. The Hall–Kier alpha value is -3.41. The summed E-state index contributed by atoms with van der Waals surface area (Å²) in [6.45, 7) is 5.75. The van der Waals surface area contributed by atoms with Crippen LogP contribution >= 0.6 is 0 Å². The molecule has 28 heavy (non-hydrogen) atoms. The van der Waals surface area contributed by atoms with E-state index in [2.05, 4.69) is 5.32 Å². The summed E-state index contributed by atoms with van der Waals surface area (Å²) in [7, 11) is 0. The van der Waals surface area contributed by atoms with E-state index in [0.29, 0.717) is 17.9 Å². The molecule has 3 aromatic rings. The first-order chi connectivity index (χ1) is 13.4. The fraction of sp³-hybridized carbons (Fsp3) is 0.227. The summed E-state index contributed by atoms with van der Waals surface area (Å²) < 4.78 is 6.42. The van der Waals surface area contributed by atoms with Gasteiger partial charge in [-0.2, -0.15) is 0 Å². The van der Waals surface area contributed by atoms with Crippen molar-refractivity contribution in [1.82, 2.24) is 4.57 Å². The number of rotatable bonds is 5. The van der Waals surface area contributed by atoms with Crippen LogP contribution in [0.4, 0.5) is 5.69 Å². The van der Waals surface area contributed by atoms with Gasteiger partial charge >= 0.3 is 5.97 Å². The number of anilines is 1. The van der Waals surface area contributed by atoms with E-state index in [9.17, 15) is 14.4 Å². The molecule has 0 radical (unpaired) electrons. The number of fused-ring (bicyclic) bond motifs is 1. The van der Waals surface area contributed by atoms with Crippen molar-refractivity contribution in [1.29, 1.82) is 0 Å². The van der Waals surface area contributed by atoms with Crippen LogP contribution in [0, 0.1) is 13.8 Å². The predicted molar refractivity (Wildman–Crippen MR) is 109 cm³/mol. The highest BCUT2D eigenvalue weighted by molar-refractivity contribution is 5.94. The minimum atomic E-state index is -0.409. The highest BCUT2D eigenvalue weighted by Gasteiger charge is 2.13. The first-order valence-electron chi connectivity index (χ1n) is 9.07. The molecule has 1 aromatic heterocycles. The third kappa shape index (κ3) is 3.96. The third-order valence-corrected chi connectivity index (χ3v) is 4.52. The standard InChI is InChI=1S/C22H22N2O4/c1-4-28-22(27)16-8-10-17(11-9-16)23-19(25)13-24-20(26)12-15(3)18-7-5-6-14(2)21(18)24/h5-12H,4,13H2,1-3H3,(H,23,25). The molecule has 0 unspecified atom stereocenters. The van der Waals surface area contributed by atoms with Gasteiger partial charge in [-0.05, 0) is 56.2 Å². The van der Waals surface area contributed by atoms with Gasteiger partial charge in [0.05, 0.1) is 17.7 Å². The number of para-hydroxylation sites is 1. The summed E-state index contributed by atoms with van der Waals surface area (Å²) in [4.78, 5) is 36.7. The van der Waals surface area contributed by atoms with Crippen molar-refractivity contribution in [3.63, 3.8) is 0 Å². The number of hydrogen-bond donors (Lipinski definition) is 1. The van der Waals surface area contributed by atoms with Crippen molar-refractivity contribution in [2.24, 2.45) is 0 Å². The summed E-state index contributed by atoms with van der Waals surface area (Å²) in [5.74, 6) is -0.729. The number of ether oxygens (including phenoxy) is 1. The first-order valence-corrected chi connectivity index (χ1v) is 9.07. The molecule has 0 saturated heterocycles. The van der Waals surface area contributed by atoms with Crippen molar-refractivity contribution in [2.75, 3.05) is 11.9 Å². The molecule has 0 aliphatic carbocycles. The van der Waals surface area contributed by atoms with Gasteiger partial charge in [0.15, 0.2) is 0 Å². The zero-order valence-electron chi connectivity index (χ0n) is 16.1. The molecule has 1 N–H and O–H groups in total. The van der Waals surface area contributed by atoms with E-state index in [1.165, 1.54) is 4.57 Å². The van der Waals surface area contributed by atoms with Gasteiger partial charge in [0.2, 0.25) is 5.91 Å². The fourth-order valence-electron chi connectivity index (χ4n) is 3.19. The molecular weight excluding hydrogens is 356 g/mol. The second-order valence-electron chi connectivity index (χ2n) is 6.57. The average Bonchev–Trinajstić information content (AvgIpc) is 2.66. The molecule has 0 bridgehead atoms. The summed E-state index contributed by atoms with van der Waals surface area (Å²) in [6.07, 6.45) is 0. The number of benzene rings is 2. The quantitative estimate of drug-likeness (QED) is 0.690. The SMILES string of the molecule is CCOC(=O)c1ccc(NC(=O)Cn2c(=O)cc(C)c3cccc(C)c32)cc1. The Morgan fingerprint density at radius 2 is 1.75 bits per heavy atom. The number of amides is 1. The Labute approximate surface area is 162 Å². The Morgan fingerprint density at radius 3 is 2.43 bits per heavy atom. The van der Waals surface area contributed by atoms with Gasteiger partial charge in [0.1, 0.15) is 6.54 Å². The minimum absolute atomic E-state index is 0.0971. The van der Waals surface area contributed by atoms with Crippen LogP contribution in [0.2, 0.25) is 0 Å². The second-order valence-corrected chi connectivity index (χ2v) is 6.57. The lowest BCUT2D eigenvalue weighted by Crippen LogP contribution is -2.28. The van der Waals surface area contributed by atoms with Crippen LogP contribution in [0.3, 0.4) is 0 Å². The highest BCUT2D eigenvalue weighted by atomic mass is 16.5. The number of carbonyl (C=O) groups excluding carboxylic acids is 2. The third-order valence-electron chi connectivity index (χ3n) is 4.52. The number of aryl methyl sites for hydroxylation is 2. The molecule has 0 atom stereocenters. The smallest absolute Gasteiger partial charge is 0.338 e. The van der Waals surface area contributed by atoms with Crippen LogP contribution < -0.4 is 10.9 Å². The molecule has 0 saturated carbocycles. The van der Waals surface area contributed by atoms with E-state index >= 15 is 0 Å². The number of aromatic nitrogens is 1.